The van der Waals surface area contributed by atoms with E-state index in [1.165, 1.54) is 22.8 Å². The molecule has 1 aromatic heterocycles. The first-order valence-corrected chi connectivity index (χ1v) is 13.1. The fourth-order valence-corrected chi connectivity index (χ4v) is 7.77. The molecule has 1 atom stereocenters. The van der Waals surface area contributed by atoms with Crippen LogP contribution < -0.4 is 4.74 Å². The number of nitrogens with zero attached hydrogens (tertiary/aromatic N) is 2. The molecule has 0 radical (unpaired) electrons. The minimum absolute atomic E-state index is 0.109. The van der Waals surface area contributed by atoms with Crippen molar-refractivity contribution in [2.45, 2.75) is 50.4 Å². The summed E-state index contributed by atoms with van der Waals surface area (Å²) in [5.41, 5.74) is 2.17. The highest BCUT2D eigenvalue weighted by molar-refractivity contribution is 7.91. The van der Waals surface area contributed by atoms with Crippen molar-refractivity contribution in [3.8, 4) is 5.75 Å². The molecule has 0 amide bonds. The van der Waals surface area contributed by atoms with Crippen molar-refractivity contribution < 1.29 is 22.7 Å². The number of methoxy groups -OCH3 is 2. The first kappa shape index (κ1) is 24.7. The molecule has 3 rings (SSSR count). The van der Waals surface area contributed by atoms with Crippen molar-refractivity contribution >= 4 is 27.3 Å². The predicted octanol–water partition coefficient (Wildman–Crippen LogP) is 3.56. The molecule has 2 aromatic rings. The Morgan fingerprint density at radius 3 is 2.53 bits per heavy atom. The molecule has 176 valence electrons. The minimum Gasteiger partial charge on any atom is -0.496 e. The Labute approximate surface area is 195 Å². The van der Waals surface area contributed by atoms with Gasteiger partial charge in [-0.25, -0.2) is 13.2 Å². The number of hydrogen-bond acceptors (Lipinski definition) is 7. The number of ether oxygens (including phenoxy) is 2. The molecule has 2 heterocycles. The third kappa shape index (κ3) is 4.71. The Bertz CT molecular complexity index is 1060. The maximum absolute atomic E-state index is 13.3. The van der Waals surface area contributed by atoms with Gasteiger partial charge in [0.2, 0.25) is 0 Å². The molecule has 0 fully saturated rings. The molecule has 1 unspecified atom stereocenters. The topological polar surface area (TPSA) is 76.2 Å². The van der Waals surface area contributed by atoms with Crippen LogP contribution in [0, 0.1) is 0 Å². The summed E-state index contributed by atoms with van der Waals surface area (Å²) < 4.78 is 38.5. The van der Waals surface area contributed by atoms with Gasteiger partial charge >= 0.3 is 5.97 Å². The van der Waals surface area contributed by atoms with E-state index in [-0.39, 0.29) is 15.8 Å². The quantitative estimate of drug-likeness (QED) is 0.511. The number of hydrogen-bond donors (Lipinski definition) is 0. The second kappa shape index (κ2) is 10.3. The van der Waals surface area contributed by atoms with E-state index in [1.807, 2.05) is 18.2 Å². The highest BCUT2D eigenvalue weighted by Gasteiger charge is 2.36. The second-order valence-electron chi connectivity index (χ2n) is 7.83. The molecule has 1 aromatic carbocycles. The van der Waals surface area contributed by atoms with Crippen LogP contribution in [0.3, 0.4) is 0 Å². The third-order valence-corrected chi connectivity index (χ3v) is 9.82. The highest BCUT2D eigenvalue weighted by atomic mass is 32.2. The van der Waals surface area contributed by atoms with Gasteiger partial charge in [-0.3, -0.25) is 4.90 Å². The summed E-state index contributed by atoms with van der Waals surface area (Å²) in [5.74, 6) is 0.289. The SMILES string of the molecule is CCN(CC)S(=O)(=O)c1sc2c(c1C(=O)OC)CCN(C(C)Cc1ccccc1OC)C2. The molecule has 32 heavy (non-hydrogen) atoms. The summed E-state index contributed by atoms with van der Waals surface area (Å²) in [4.78, 5) is 15.9. The van der Waals surface area contributed by atoms with Gasteiger partial charge < -0.3 is 9.47 Å². The van der Waals surface area contributed by atoms with E-state index in [2.05, 4.69) is 17.9 Å². The van der Waals surface area contributed by atoms with Crippen LogP contribution in [-0.2, 0) is 34.1 Å². The average Bonchev–Trinajstić information content (AvgIpc) is 3.19. The standard InChI is InChI=1S/C23H32N2O5S2/c1-6-25(7-2)32(27,28)23-21(22(26)30-5)18-12-13-24(15-20(18)31-23)16(3)14-17-10-8-9-11-19(17)29-4/h8-11,16H,6-7,12-15H2,1-5H3. The van der Waals surface area contributed by atoms with Gasteiger partial charge in [0, 0.05) is 37.1 Å². The van der Waals surface area contributed by atoms with Crippen LogP contribution in [0.2, 0.25) is 0 Å². The van der Waals surface area contributed by atoms with Gasteiger partial charge in [-0.15, -0.1) is 11.3 Å². The highest BCUT2D eigenvalue weighted by Crippen LogP contribution is 2.38. The molecular weight excluding hydrogens is 448 g/mol. The summed E-state index contributed by atoms with van der Waals surface area (Å²) in [7, 11) is -0.789. The molecule has 9 heteroatoms. The minimum atomic E-state index is -3.76. The molecule has 0 spiro atoms. The van der Waals surface area contributed by atoms with Crippen LogP contribution in [0.4, 0.5) is 0 Å². The Morgan fingerprint density at radius 2 is 1.91 bits per heavy atom. The molecule has 0 bridgehead atoms. The summed E-state index contributed by atoms with van der Waals surface area (Å²) in [6.45, 7) is 7.82. The van der Waals surface area contributed by atoms with Crippen LogP contribution in [0.1, 0.15) is 47.1 Å². The van der Waals surface area contributed by atoms with Crippen LogP contribution in [0.5, 0.6) is 5.75 Å². The number of carbonyl (C=O) groups is 1. The number of rotatable bonds is 9. The molecule has 0 saturated carbocycles. The maximum Gasteiger partial charge on any atom is 0.340 e. The van der Waals surface area contributed by atoms with E-state index in [9.17, 15) is 13.2 Å². The number of thiophene rings is 1. The zero-order chi connectivity index (χ0) is 23.5. The largest absolute Gasteiger partial charge is 0.496 e. The van der Waals surface area contributed by atoms with Crippen molar-refractivity contribution in [3.05, 3.63) is 45.8 Å². The maximum atomic E-state index is 13.3. The Hall–Kier alpha value is -1.94. The van der Waals surface area contributed by atoms with Crippen molar-refractivity contribution in [1.82, 2.24) is 9.21 Å². The van der Waals surface area contributed by atoms with Crippen molar-refractivity contribution in [1.29, 1.82) is 0 Å². The van der Waals surface area contributed by atoms with Crippen molar-refractivity contribution in [3.63, 3.8) is 0 Å². The first-order valence-electron chi connectivity index (χ1n) is 10.9. The van der Waals surface area contributed by atoms with E-state index in [0.717, 1.165) is 34.7 Å². The Kier molecular flexibility index (Phi) is 7.97. The lowest BCUT2D eigenvalue weighted by Gasteiger charge is -2.32. The predicted molar refractivity (Wildman–Crippen MR) is 126 cm³/mol. The zero-order valence-electron chi connectivity index (χ0n) is 19.4. The lowest BCUT2D eigenvalue weighted by molar-refractivity contribution is 0.0595. The summed E-state index contributed by atoms with van der Waals surface area (Å²) in [5, 5.41) is 0. The van der Waals surface area contributed by atoms with Gasteiger partial charge in [-0.2, -0.15) is 4.31 Å². The van der Waals surface area contributed by atoms with Gasteiger partial charge in [0.05, 0.1) is 19.8 Å². The lowest BCUT2D eigenvalue weighted by atomic mass is 9.99. The fourth-order valence-electron chi connectivity index (χ4n) is 4.26. The Morgan fingerprint density at radius 1 is 1.22 bits per heavy atom. The third-order valence-electron chi connectivity index (χ3n) is 6.05. The summed E-state index contributed by atoms with van der Waals surface area (Å²) >= 11 is 1.21. The van der Waals surface area contributed by atoms with E-state index in [4.69, 9.17) is 9.47 Å². The van der Waals surface area contributed by atoms with E-state index >= 15 is 0 Å². The van der Waals surface area contributed by atoms with Gasteiger partial charge in [0.25, 0.3) is 10.0 Å². The normalized spacial score (nSPS) is 15.4. The number of benzene rings is 1. The van der Waals surface area contributed by atoms with E-state index in [1.54, 1.807) is 21.0 Å². The molecular formula is C23H32N2O5S2. The number of esters is 1. The smallest absolute Gasteiger partial charge is 0.340 e. The molecule has 0 aliphatic carbocycles. The molecule has 1 aliphatic rings. The van der Waals surface area contributed by atoms with Gasteiger partial charge in [-0.05, 0) is 37.0 Å². The van der Waals surface area contributed by atoms with Crippen molar-refractivity contribution in [2.75, 3.05) is 33.9 Å². The van der Waals surface area contributed by atoms with Crippen molar-refractivity contribution in [2.24, 2.45) is 0 Å². The van der Waals surface area contributed by atoms with Crippen LogP contribution >= 0.6 is 11.3 Å². The van der Waals surface area contributed by atoms with Gasteiger partial charge in [0.15, 0.2) is 0 Å². The van der Waals surface area contributed by atoms with Gasteiger partial charge in [-0.1, -0.05) is 32.0 Å². The van der Waals surface area contributed by atoms with Crippen LogP contribution in [0.15, 0.2) is 28.5 Å². The number of fused-ring (bicyclic) bond motifs is 1. The average molecular weight is 481 g/mol. The summed E-state index contributed by atoms with van der Waals surface area (Å²) in [6, 6.07) is 8.22. The number of sulfonamides is 1. The van der Waals surface area contributed by atoms with E-state index < -0.39 is 16.0 Å². The van der Waals surface area contributed by atoms with Crippen LogP contribution in [0.25, 0.3) is 0 Å². The van der Waals surface area contributed by atoms with Crippen LogP contribution in [-0.4, -0.2) is 63.5 Å². The van der Waals surface area contributed by atoms with E-state index in [0.29, 0.717) is 26.1 Å². The second-order valence-corrected chi connectivity index (χ2v) is 11.1. The molecule has 1 aliphatic heterocycles. The zero-order valence-corrected chi connectivity index (χ0v) is 21.0. The Balaban J connectivity index is 1.92. The monoisotopic (exact) mass is 480 g/mol. The molecule has 0 N–H and O–H groups in total. The number of para-hydroxylation sites is 1. The number of carbonyl (C=O) groups excluding carboxylic acids is 1. The lowest BCUT2D eigenvalue weighted by Crippen LogP contribution is -2.38. The van der Waals surface area contributed by atoms with Gasteiger partial charge in [0.1, 0.15) is 9.96 Å². The summed E-state index contributed by atoms with van der Waals surface area (Å²) in [6.07, 6.45) is 1.43. The molecule has 0 saturated heterocycles. The first-order chi connectivity index (χ1) is 15.3. The fraction of sp³-hybridized carbons (Fsp3) is 0.522. The molecule has 7 nitrogen and oxygen atoms in total.